The summed E-state index contributed by atoms with van der Waals surface area (Å²) in [5, 5.41) is 9.84. The first kappa shape index (κ1) is 7.74. The average Bonchev–Trinajstić information content (AvgIpc) is 2.00. The number of benzene rings is 1. The standard InChI is InChI=1S/C10H11FO/c11-9-4-1-3-8(7-9)10(12)5-2-6-10/h1,3-4,7,12H,2,5-6H2. The molecule has 1 N–H and O–H groups in total. The maximum absolute atomic E-state index is 12.7. The van der Waals surface area contributed by atoms with Gasteiger partial charge in [0.05, 0.1) is 5.60 Å². The van der Waals surface area contributed by atoms with E-state index in [2.05, 4.69) is 0 Å². The summed E-state index contributed by atoms with van der Waals surface area (Å²) in [5.41, 5.74) is -0.0176. The molecule has 1 aliphatic rings. The minimum atomic E-state index is -0.734. The van der Waals surface area contributed by atoms with E-state index in [-0.39, 0.29) is 5.82 Å². The Hall–Kier alpha value is -0.890. The van der Waals surface area contributed by atoms with Gasteiger partial charge in [0.15, 0.2) is 0 Å². The van der Waals surface area contributed by atoms with Crippen LogP contribution in [0.2, 0.25) is 0 Å². The molecule has 1 saturated carbocycles. The monoisotopic (exact) mass is 166 g/mol. The molecule has 1 aromatic rings. The van der Waals surface area contributed by atoms with Gasteiger partial charge in [-0.1, -0.05) is 12.1 Å². The molecule has 2 heteroatoms. The van der Waals surface area contributed by atoms with Crippen molar-refractivity contribution in [1.29, 1.82) is 0 Å². The van der Waals surface area contributed by atoms with Crippen LogP contribution in [0.3, 0.4) is 0 Å². The molecule has 0 radical (unpaired) electrons. The lowest BCUT2D eigenvalue weighted by Gasteiger charge is -2.37. The Morgan fingerprint density at radius 3 is 2.58 bits per heavy atom. The van der Waals surface area contributed by atoms with Crippen LogP contribution in [0.4, 0.5) is 4.39 Å². The molecule has 0 spiro atoms. The summed E-state index contributed by atoms with van der Waals surface area (Å²) in [4.78, 5) is 0. The van der Waals surface area contributed by atoms with E-state index < -0.39 is 5.60 Å². The van der Waals surface area contributed by atoms with Gasteiger partial charge in [-0.15, -0.1) is 0 Å². The summed E-state index contributed by atoms with van der Waals surface area (Å²) in [6.07, 6.45) is 2.56. The molecule has 1 nitrogen and oxygen atoms in total. The van der Waals surface area contributed by atoms with Gasteiger partial charge in [-0.2, -0.15) is 0 Å². The van der Waals surface area contributed by atoms with Gasteiger partial charge < -0.3 is 5.11 Å². The fraction of sp³-hybridized carbons (Fsp3) is 0.400. The van der Waals surface area contributed by atoms with Crippen molar-refractivity contribution in [2.24, 2.45) is 0 Å². The summed E-state index contributed by atoms with van der Waals surface area (Å²) in [5.74, 6) is -0.271. The van der Waals surface area contributed by atoms with Crippen molar-refractivity contribution in [3.05, 3.63) is 35.6 Å². The number of hydrogen-bond donors (Lipinski definition) is 1. The minimum Gasteiger partial charge on any atom is -0.385 e. The molecule has 0 atom stereocenters. The molecule has 0 saturated heterocycles. The van der Waals surface area contributed by atoms with Crippen molar-refractivity contribution in [1.82, 2.24) is 0 Å². The van der Waals surface area contributed by atoms with Crippen LogP contribution < -0.4 is 0 Å². The first-order valence-corrected chi connectivity index (χ1v) is 4.19. The quantitative estimate of drug-likeness (QED) is 0.678. The minimum absolute atomic E-state index is 0.271. The highest BCUT2D eigenvalue weighted by molar-refractivity contribution is 5.25. The van der Waals surface area contributed by atoms with Gasteiger partial charge in [0, 0.05) is 0 Å². The predicted octanol–water partition coefficient (Wildman–Crippen LogP) is 2.20. The highest BCUT2D eigenvalue weighted by Gasteiger charge is 2.36. The van der Waals surface area contributed by atoms with Crippen molar-refractivity contribution in [3.8, 4) is 0 Å². The first-order valence-electron chi connectivity index (χ1n) is 4.19. The fourth-order valence-electron chi connectivity index (χ4n) is 1.58. The normalized spacial score (nSPS) is 20.2. The Labute approximate surface area is 70.8 Å². The van der Waals surface area contributed by atoms with E-state index in [0.717, 1.165) is 19.3 Å². The zero-order valence-electron chi connectivity index (χ0n) is 6.76. The van der Waals surface area contributed by atoms with Crippen molar-refractivity contribution in [2.45, 2.75) is 24.9 Å². The van der Waals surface area contributed by atoms with Gasteiger partial charge >= 0.3 is 0 Å². The van der Waals surface area contributed by atoms with Gasteiger partial charge in [-0.05, 0) is 37.0 Å². The molecule has 0 amide bonds. The number of aliphatic hydroxyl groups is 1. The molecule has 2 rings (SSSR count). The van der Waals surface area contributed by atoms with Crippen molar-refractivity contribution in [2.75, 3.05) is 0 Å². The third-order valence-corrected chi connectivity index (χ3v) is 2.54. The molecule has 1 aliphatic carbocycles. The summed E-state index contributed by atoms with van der Waals surface area (Å²) in [6.45, 7) is 0. The second-order valence-corrected chi connectivity index (χ2v) is 3.40. The van der Waals surface area contributed by atoms with E-state index in [9.17, 15) is 9.50 Å². The lowest BCUT2D eigenvalue weighted by atomic mass is 9.75. The molecule has 1 aromatic carbocycles. The van der Waals surface area contributed by atoms with Crippen LogP contribution in [0.15, 0.2) is 24.3 Å². The topological polar surface area (TPSA) is 20.2 Å². The van der Waals surface area contributed by atoms with Crippen molar-refractivity contribution < 1.29 is 9.50 Å². The molecule has 12 heavy (non-hydrogen) atoms. The molecule has 1 fully saturated rings. The van der Waals surface area contributed by atoms with Crippen LogP contribution in [-0.2, 0) is 5.60 Å². The van der Waals surface area contributed by atoms with Crippen LogP contribution in [0.5, 0.6) is 0 Å². The van der Waals surface area contributed by atoms with Crippen LogP contribution in [0, 0.1) is 5.82 Å². The smallest absolute Gasteiger partial charge is 0.123 e. The van der Waals surface area contributed by atoms with Gasteiger partial charge in [0.1, 0.15) is 5.82 Å². The molecule has 0 bridgehead atoms. The largest absolute Gasteiger partial charge is 0.385 e. The van der Waals surface area contributed by atoms with Gasteiger partial charge in [0.2, 0.25) is 0 Å². The second kappa shape index (κ2) is 2.56. The van der Waals surface area contributed by atoms with Crippen LogP contribution in [0.25, 0.3) is 0 Å². The summed E-state index contributed by atoms with van der Waals surface area (Å²) >= 11 is 0. The molecule has 0 heterocycles. The summed E-state index contributed by atoms with van der Waals surface area (Å²) in [7, 11) is 0. The van der Waals surface area contributed by atoms with Crippen LogP contribution in [0.1, 0.15) is 24.8 Å². The highest BCUT2D eigenvalue weighted by atomic mass is 19.1. The first-order chi connectivity index (χ1) is 5.71. The van der Waals surface area contributed by atoms with E-state index in [1.165, 1.54) is 12.1 Å². The number of rotatable bonds is 1. The van der Waals surface area contributed by atoms with Crippen LogP contribution >= 0.6 is 0 Å². The Balaban J connectivity index is 2.33. The van der Waals surface area contributed by atoms with E-state index in [4.69, 9.17) is 0 Å². The van der Waals surface area contributed by atoms with Gasteiger partial charge in [-0.3, -0.25) is 0 Å². The Kier molecular flexibility index (Phi) is 1.65. The zero-order chi connectivity index (χ0) is 8.60. The maximum Gasteiger partial charge on any atom is 0.123 e. The van der Waals surface area contributed by atoms with Crippen molar-refractivity contribution >= 4 is 0 Å². The summed E-state index contributed by atoms with van der Waals surface area (Å²) < 4.78 is 12.7. The number of hydrogen-bond acceptors (Lipinski definition) is 1. The molecule has 0 aromatic heterocycles. The second-order valence-electron chi connectivity index (χ2n) is 3.40. The van der Waals surface area contributed by atoms with Gasteiger partial charge in [-0.25, -0.2) is 4.39 Å². The van der Waals surface area contributed by atoms with E-state index in [0.29, 0.717) is 5.56 Å². The third kappa shape index (κ3) is 1.12. The molecule has 0 unspecified atom stereocenters. The highest BCUT2D eigenvalue weighted by Crippen LogP contribution is 2.40. The number of halogens is 1. The lowest BCUT2D eigenvalue weighted by molar-refractivity contribution is -0.0390. The SMILES string of the molecule is OC1(c2cccc(F)c2)CCC1. The Bertz CT molecular complexity index is 292. The predicted molar refractivity (Wildman–Crippen MR) is 44.1 cm³/mol. The molecule has 64 valence electrons. The lowest BCUT2D eigenvalue weighted by Crippen LogP contribution is -2.33. The van der Waals surface area contributed by atoms with E-state index in [1.54, 1.807) is 12.1 Å². The average molecular weight is 166 g/mol. The van der Waals surface area contributed by atoms with E-state index in [1.807, 2.05) is 0 Å². The van der Waals surface area contributed by atoms with Crippen molar-refractivity contribution in [3.63, 3.8) is 0 Å². The summed E-state index contributed by atoms with van der Waals surface area (Å²) in [6, 6.07) is 6.23. The van der Waals surface area contributed by atoms with E-state index >= 15 is 0 Å². The van der Waals surface area contributed by atoms with Crippen LogP contribution in [-0.4, -0.2) is 5.11 Å². The fourth-order valence-corrected chi connectivity index (χ4v) is 1.58. The molecular formula is C10H11FO. The molecular weight excluding hydrogens is 155 g/mol. The Morgan fingerprint density at radius 1 is 1.33 bits per heavy atom. The zero-order valence-corrected chi connectivity index (χ0v) is 6.76. The maximum atomic E-state index is 12.7. The third-order valence-electron chi connectivity index (χ3n) is 2.54. The van der Waals surface area contributed by atoms with Gasteiger partial charge in [0.25, 0.3) is 0 Å². The molecule has 0 aliphatic heterocycles. The Morgan fingerprint density at radius 2 is 2.08 bits per heavy atom.